The number of rotatable bonds is 4. The monoisotopic (exact) mass is 311 g/mol. The second kappa shape index (κ2) is 6.29. The van der Waals surface area contributed by atoms with E-state index in [1.807, 2.05) is 13.8 Å². The standard InChI is InChI=1S/C14H15Cl2N3O/c1-8(2)7-17-14(20)13-6-12(18-19-13)9-3-4-10(15)11(16)5-9/h3-6,8H,7H2,1-2H3,(H,17,20)(H,18,19). The number of amides is 1. The molecule has 0 aliphatic heterocycles. The topological polar surface area (TPSA) is 57.8 Å². The van der Waals surface area contributed by atoms with Crippen LogP contribution in [-0.4, -0.2) is 22.6 Å². The molecule has 0 radical (unpaired) electrons. The van der Waals surface area contributed by atoms with Crippen molar-refractivity contribution in [2.24, 2.45) is 5.92 Å². The third-order valence-corrected chi connectivity index (χ3v) is 3.45. The molecule has 1 aromatic heterocycles. The van der Waals surface area contributed by atoms with E-state index in [0.29, 0.717) is 33.9 Å². The van der Waals surface area contributed by atoms with Gasteiger partial charge in [-0.2, -0.15) is 5.10 Å². The fourth-order valence-electron chi connectivity index (χ4n) is 1.63. The Morgan fingerprint density at radius 1 is 1.30 bits per heavy atom. The Morgan fingerprint density at radius 3 is 2.70 bits per heavy atom. The lowest BCUT2D eigenvalue weighted by molar-refractivity contribution is 0.0944. The molecule has 0 unspecified atom stereocenters. The molecule has 0 spiro atoms. The van der Waals surface area contributed by atoms with Crippen LogP contribution in [0.3, 0.4) is 0 Å². The molecule has 0 saturated carbocycles. The maximum atomic E-state index is 11.9. The normalized spacial score (nSPS) is 10.8. The predicted octanol–water partition coefficient (Wildman–Crippen LogP) is 3.77. The van der Waals surface area contributed by atoms with E-state index in [2.05, 4.69) is 15.5 Å². The maximum absolute atomic E-state index is 11.9. The van der Waals surface area contributed by atoms with Gasteiger partial charge in [0.05, 0.1) is 15.7 Å². The average Bonchev–Trinajstić information content (AvgIpc) is 2.89. The largest absolute Gasteiger partial charge is 0.350 e. The summed E-state index contributed by atoms with van der Waals surface area (Å²) in [5.74, 6) is 0.230. The van der Waals surface area contributed by atoms with Crippen molar-refractivity contribution in [3.63, 3.8) is 0 Å². The minimum atomic E-state index is -0.169. The Balaban J connectivity index is 2.16. The van der Waals surface area contributed by atoms with E-state index < -0.39 is 0 Å². The Morgan fingerprint density at radius 2 is 2.05 bits per heavy atom. The average molecular weight is 312 g/mol. The van der Waals surface area contributed by atoms with Gasteiger partial charge in [0, 0.05) is 12.1 Å². The first kappa shape index (κ1) is 14.9. The summed E-state index contributed by atoms with van der Waals surface area (Å²) >= 11 is 11.8. The molecule has 2 aromatic rings. The highest BCUT2D eigenvalue weighted by atomic mass is 35.5. The van der Waals surface area contributed by atoms with Gasteiger partial charge in [-0.1, -0.05) is 43.1 Å². The Bertz CT molecular complexity index is 623. The smallest absolute Gasteiger partial charge is 0.269 e. The van der Waals surface area contributed by atoms with E-state index in [4.69, 9.17) is 23.2 Å². The molecule has 4 nitrogen and oxygen atoms in total. The minimum absolute atomic E-state index is 0.169. The molecule has 20 heavy (non-hydrogen) atoms. The van der Waals surface area contributed by atoms with Crippen LogP contribution in [0.15, 0.2) is 24.3 Å². The van der Waals surface area contributed by atoms with E-state index >= 15 is 0 Å². The summed E-state index contributed by atoms with van der Waals surface area (Å²) in [5.41, 5.74) is 1.88. The number of carbonyl (C=O) groups is 1. The van der Waals surface area contributed by atoms with Gasteiger partial charge in [0.2, 0.25) is 0 Å². The maximum Gasteiger partial charge on any atom is 0.269 e. The molecule has 106 valence electrons. The van der Waals surface area contributed by atoms with Crippen LogP contribution in [-0.2, 0) is 0 Å². The van der Waals surface area contributed by atoms with Gasteiger partial charge in [0.15, 0.2) is 0 Å². The molecule has 6 heteroatoms. The summed E-state index contributed by atoms with van der Waals surface area (Å²) in [6, 6.07) is 6.91. The summed E-state index contributed by atoms with van der Waals surface area (Å²) in [4.78, 5) is 11.9. The molecule has 2 N–H and O–H groups in total. The zero-order chi connectivity index (χ0) is 14.7. The number of aromatic nitrogens is 2. The molecule has 1 heterocycles. The van der Waals surface area contributed by atoms with Gasteiger partial charge in [-0.25, -0.2) is 0 Å². The Kier molecular flexibility index (Phi) is 4.68. The summed E-state index contributed by atoms with van der Waals surface area (Å²) in [6.07, 6.45) is 0. The first-order valence-corrected chi connectivity index (χ1v) is 7.02. The summed E-state index contributed by atoms with van der Waals surface area (Å²) in [6.45, 7) is 4.70. The fraction of sp³-hybridized carbons (Fsp3) is 0.286. The van der Waals surface area contributed by atoms with Gasteiger partial charge in [0.1, 0.15) is 5.69 Å². The molecule has 0 saturated heterocycles. The molecular formula is C14H15Cl2N3O. The van der Waals surface area contributed by atoms with E-state index in [0.717, 1.165) is 5.56 Å². The lowest BCUT2D eigenvalue weighted by Gasteiger charge is -2.05. The van der Waals surface area contributed by atoms with E-state index in [-0.39, 0.29) is 5.91 Å². The number of halogens is 2. The van der Waals surface area contributed by atoms with E-state index in [9.17, 15) is 4.79 Å². The second-order valence-corrected chi connectivity index (χ2v) is 5.71. The van der Waals surface area contributed by atoms with Gasteiger partial charge in [-0.15, -0.1) is 0 Å². The van der Waals surface area contributed by atoms with Crippen LogP contribution >= 0.6 is 23.2 Å². The van der Waals surface area contributed by atoms with Gasteiger partial charge in [-0.3, -0.25) is 9.89 Å². The van der Waals surface area contributed by atoms with Crippen LogP contribution in [0.2, 0.25) is 10.0 Å². The van der Waals surface area contributed by atoms with Crippen molar-refractivity contribution >= 4 is 29.1 Å². The third kappa shape index (κ3) is 3.52. The zero-order valence-corrected chi connectivity index (χ0v) is 12.7. The number of hydrogen-bond donors (Lipinski definition) is 2. The number of nitrogens with zero attached hydrogens (tertiary/aromatic N) is 1. The first-order valence-electron chi connectivity index (χ1n) is 6.26. The van der Waals surface area contributed by atoms with Crippen molar-refractivity contribution in [1.29, 1.82) is 0 Å². The highest BCUT2D eigenvalue weighted by Crippen LogP contribution is 2.27. The Hall–Kier alpha value is -1.52. The summed E-state index contributed by atoms with van der Waals surface area (Å²) in [7, 11) is 0. The number of carbonyl (C=O) groups excluding carboxylic acids is 1. The molecule has 0 fully saturated rings. The van der Waals surface area contributed by atoms with Crippen molar-refractivity contribution in [2.75, 3.05) is 6.54 Å². The third-order valence-electron chi connectivity index (χ3n) is 2.71. The molecular weight excluding hydrogens is 297 g/mol. The SMILES string of the molecule is CC(C)CNC(=O)c1cc(-c2ccc(Cl)c(Cl)c2)n[nH]1. The van der Waals surface area contributed by atoms with Crippen molar-refractivity contribution in [3.8, 4) is 11.3 Å². The van der Waals surface area contributed by atoms with Crippen LogP contribution in [0.5, 0.6) is 0 Å². The lowest BCUT2D eigenvalue weighted by Crippen LogP contribution is -2.27. The zero-order valence-electron chi connectivity index (χ0n) is 11.2. The number of H-pyrrole nitrogens is 1. The quantitative estimate of drug-likeness (QED) is 0.903. The molecule has 1 amide bonds. The van der Waals surface area contributed by atoms with Crippen molar-refractivity contribution in [3.05, 3.63) is 40.0 Å². The minimum Gasteiger partial charge on any atom is -0.350 e. The van der Waals surface area contributed by atoms with Gasteiger partial charge in [-0.05, 0) is 24.1 Å². The van der Waals surface area contributed by atoms with E-state index in [1.54, 1.807) is 24.3 Å². The molecule has 0 bridgehead atoms. The van der Waals surface area contributed by atoms with Gasteiger partial charge in [0.25, 0.3) is 5.91 Å². The Labute approximate surface area is 127 Å². The highest BCUT2D eigenvalue weighted by molar-refractivity contribution is 6.42. The van der Waals surface area contributed by atoms with Crippen molar-refractivity contribution in [2.45, 2.75) is 13.8 Å². The van der Waals surface area contributed by atoms with Crippen molar-refractivity contribution in [1.82, 2.24) is 15.5 Å². The number of benzene rings is 1. The molecule has 1 aromatic carbocycles. The van der Waals surface area contributed by atoms with Crippen LogP contribution in [0.4, 0.5) is 0 Å². The summed E-state index contributed by atoms with van der Waals surface area (Å²) < 4.78 is 0. The van der Waals surface area contributed by atoms with Crippen molar-refractivity contribution < 1.29 is 4.79 Å². The highest BCUT2D eigenvalue weighted by Gasteiger charge is 2.11. The van der Waals surface area contributed by atoms with E-state index in [1.165, 1.54) is 0 Å². The number of hydrogen-bond acceptors (Lipinski definition) is 2. The van der Waals surface area contributed by atoms with Crippen LogP contribution in [0, 0.1) is 5.92 Å². The molecule has 0 aliphatic rings. The first-order chi connectivity index (χ1) is 9.47. The molecule has 0 aliphatic carbocycles. The number of aromatic amines is 1. The predicted molar refractivity (Wildman–Crippen MR) is 81.2 cm³/mol. The lowest BCUT2D eigenvalue weighted by atomic mass is 10.1. The number of nitrogens with one attached hydrogen (secondary N) is 2. The molecule has 0 atom stereocenters. The second-order valence-electron chi connectivity index (χ2n) is 4.90. The fourth-order valence-corrected chi connectivity index (χ4v) is 1.93. The molecule has 2 rings (SSSR count). The van der Waals surface area contributed by atoms with Crippen LogP contribution < -0.4 is 5.32 Å². The van der Waals surface area contributed by atoms with Crippen LogP contribution in [0.1, 0.15) is 24.3 Å². The van der Waals surface area contributed by atoms with Gasteiger partial charge < -0.3 is 5.32 Å². The van der Waals surface area contributed by atoms with Crippen LogP contribution in [0.25, 0.3) is 11.3 Å². The van der Waals surface area contributed by atoms with Gasteiger partial charge >= 0.3 is 0 Å². The summed E-state index contributed by atoms with van der Waals surface area (Å²) in [5, 5.41) is 10.6.